The summed E-state index contributed by atoms with van der Waals surface area (Å²) in [5, 5.41) is 2.49. The van der Waals surface area contributed by atoms with Crippen LogP contribution in [-0.4, -0.2) is 11.9 Å². The molecule has 1 amide bonds. The first kappa shape index (κ1) is 14.9. The molecule has 0 unspecified atom stereocenters. The molecule has 0 radical (unpaired) electrons. The van der Waals surface area contributed by atoms with Crippen LogP contribution in [0.4, 0.5) is 10.1 Å². The quantitative estimate of drug-likeness (QED) is 0.859. The Bertz CT molecular complexity index is 351. The summed E-state index contributed by atoms with van der Waals surface area (Å²) >= 11 is 0. The van der Waals surface area contributed by atoms with Crippen molar-refractivity contribution in [1.82, 2.24) is 0 Å². The van der Waals surface area contributed by atoms with Crippen LogP contribution in [-0.2, 0) is 4.79 Å². The van der Waals surface area contributed by atoms with Crippen LogP contribution in [0.3, 0.4) is 0 Å². The monoisotopic (exact) mass is 246 g/mol. The maximum atomic E-state index is 13.3. The molecule has 0 heterocycles. The molecule has 1 aromatic carbocycles. The molecule has 0 saturated heterocycles. The molecule has 1 rings (SSSR count). The maximum Gasteiger partial charge on any atom is 0.241 e. The highest BCUT2D eigenvalue weighted by Crippen LogP contribution is 2.18. The Labute approximate surface area is 101 Å². The molecule has 0 saturated carbocycles. The lowest BCUT2D eigenvalue weighted by atomic mass is 10.1. The minimum atomic E-state index is -0.594. The zero-order chi connectivity index (χ0) is 11.4. The first-order chi connectivity index (χ1) is 7.06. The molecule has 0 fully saturated rings. The van der Waals surface area contributed by atoms with Gasteiger partial charge in [-0.1, -0.05) is 19.1 Å². The molecule has 0 aliphatic heterocycles. The topological polar surface area (TPSA) is 55.1 Å². The summed E-state index contributed by atoms with van der Waals surface area (Å²) in [5.74, 6) is -0.794. The Hall–Kier alpha value is -1.13. The van der Waals surface area contributed by atoms with Gasteiger partial charge in [0, 0.05) is 0 Å². The van der Waals surface area contributed by atoms with Crippen LogP contribution in [0.2, 0.25) is 0 Å². The number of hydrogen-bond acceptors (Lipinski definition) is 2. The van der Waals surface area contributed by atoms with E-state index in [0.717, 1.165) is 0 Å². The number of carbonyl (C=O) groups is 1. The van der Waals surface area contributed by atoms with E-state index in [9.17, 15) is 9.18 Å². The van der Waals surface area contributed by atoms with E-state index in [4.69, 9.17) is 5.73 Å². The lowest BCUT2D eigenvalue weighted by Crippen LogP contribution is -2.35. The summed E-state index contributed by atoms with van der Waals surface area (Å²) in [5.41, 5.74) is 6.43. The number of carbonyl (C=O) groups excluding carboxylic acids is 1. The predicted octanol–water partition coefficient (Wildman–Crippen LogP) is 2.23. The molecular formula is C11H16ClFN2O. The van der Waals surface area contributed by atoms with Crippen LogP contribution in [0.15, 0.2) is 18.2 Å². The van der Waals surface area contributed by atoms with E-state index >= 15 is 0 Å². The highest BCUT2D eigenvalue weighted by Gasteiger charge is 2.14. The summed E-state index contributed by atoms with van der Waals surface area (Å²) in [6.07, 6.45) is 0.527. The number of hydrogen-bond donors (Lipinski definition) is 2. The number of nitrogens with one attached hydrogen (secondary N) is 1. The van der Waals surface area contributed by atoms with Crippen molar-refractivity contribution in [2.45, 2.75) is 26.3 Å². The van der Waals surface area contributed by atoms with Crippen LogP contribution in [0, 0.1) is 12.7 Å². The Kier molecular flexibility index (Phi) is 6.00. The van der Waals surface area contributed by atoms with Gasteiger partial charge in [-0.2, -0.15) is 0 Å². The van der Waals surface area contributed by atoms with E-state index in [-0.39, 0.29) is 24.0 Å². The standard InChI is InChI=1S/C11H15FN2O.ClH/c1-3-9(13)11(15)14-10-7(2)5-4-6-8(10)12;/h4-6,9H,3,13H2,1-2H3,(H,14,15);1H/t9-;/m0./s1. The second-order valence-corrected chi connectivity index (χ2v) is 3.44. The Morgan fingerprint density at radius 3 is 2.69 bits per heavy atom. The highest BCUT2D eigenvalue weighted by atomic mass is 35.5. The van der Waals surface area contributed by atoms with Gasteiger partial charge >= 0.3 is 0 Å². The molecule has 0 aliphatic carbocycles. The van der Waals surface area contributed by atoms with Gasteiger partial charge in [0.1, 0.15) is 5.82 Å². The normalized spacial score (nSPS) is 11.5. The van der Waals surface area contributed by atoms with Crippen molar-refractivity contribution in [3.8, 4) is 0 Å². The van der Waals surface area contributed by atoms with E-state index in [1.54, 1.807) is 26.0 Å². The average molecular weight is 247 g/mol. The third kappa shape index (κ3) is 3.47. The third-order valence-corrected chi connectivity index (χ3v) is 2.25. The number of para-hydroxylation sites is 1. The van der Waals surface area contributed by atoms with Gasteiger partial charge in [0.2, 0.25) is 5.91 Å². The third-order valence-electron chi connectivity index (χ3n) is 2.25. The molecule has 0 aromatic heterocycles. The summed E-state index contributed by atoms with van der Waals surface area (Å²) in [6.45, 7) is 3.54. The molecular weight excluding hydrogens is 231 g/mol. The van der Waals surface area contributed by atoms with E-state index < -0.39 is 11.9 Å². The van der Waals surface area contributed by atoms with E-state index in [1.807, 2.05) is 0 Å². The zero-order valence-corrected chi connectivity index (χ0v) is 10.1. The van der Waals surface area contributed by atoms with Gasteiger partial charge in [0.05, 0.1) is 11.7 Å². The molecule has 3 nitrogen and oxygen atoms in total. The van der Waals surface area contributed by atoms with Crippen LogP contribution in [0.5, 0.6) is 0 Å². The summed E-state index contributed by atoms with van der Waals surface area (Å²) in [4.78, 5) is 11.4. The highest BCUT2D eigenvalue weighted by molar-refractivity contribution is 5.95. The molecule has 3 N–H and O–H groups in total. The molecule has 16 heavy (non-hydrogen) atoms. The molecule has 1 aromatic rings. The smallest absolute Gasteiger partial charge is 0.241 e. The molecule has 1 atom stereocenters. The molecule has 90 valence electrons. The van der Waals surface area contributed by atoms with Crippen LogP contribution < -0.4 is 11.1 Å². The van der Waals surface area contributed by atoms with Gasteiger partial charge in [-0.3, -0.25) is 4.79 Å². The zero-order valence-electron chi connectivity index (χ0n) is 9.29. The van der Waals surface area contributed by atoms with Crippen molar-refractivity contribution in [3.63, 3.8) is 0 Å². The van der Waals surface area contributed by atoms with Gasteiger partial charge in [-0.05, 0) is 25.0 Å². The predicted molar refractivity (Wildman–Crippen MR) is 65.3 cm³/mol. The molecule has 0 aliphatic rings. The largest absolute Gasteiger partial charge is 0.322 e. The summed E-state index contributed by atoms with van der Waals surface area (Å²) in [7, 11) is 0. The van der Waals surface area contributed by atoms with E-state index in [0.29, 0.717) is 12.0 Å². The number of benzene rings is 1. The number of anilines is 1. The minimum absolute atomic E-state index is 0. The van der Waals surface area contributed by atoms with Crippen molar-refractivity contribution in [1.29, 1.82) is 0 Å². The average Bonchev–Trinajstić information content (AvgIpc) is 2.22. The van der Waals surface area contributed by atoms with Crippen LogP contribution >= 0.6 is 12.4 Å². The molecule has 0 spiro atoms. The van der Waals surface area contributed by atoms with Gasteiger partial charge in [0.25, 0.3) is 0 Å². The number of halogens is 2. The van der Waals surface area contributed by atoms with E-state index in [2.05, 4.69) is 5.32 Å². The van der Waals surface area contributed by atoms with Gasteiger partial charge in [0.15, 0.2) is 0 Å². The van der Waals surface area contributed by atoms with Crippen molar-refractivity contribution >= 4 is 24.0 Å². The summed E-state index contributed by atoms with van der Waals surface area (Å²) in [6, 6.07) is 4.04. The fourth-order valence-electron chi connectivity index (χ4n) is 1.19. The Morgan fingerprint density at radius 2 is 2.19 bits per heavy atom. The first-order valence-corrected chi connectivity index (χ1v) is 4.87. The van der Waals surface area contributed by atoms with E-state index in [1.165, 1.54) is 6.07 Å². The number of aryl methyl sites for hydroxylation is 1. The van der Waals surface area contributed by atoms with Crippen LogP contribution in [0.25, 0.3) is 0 Å². The second-order valence-electron chi connectivity index (χ2n) is 3.44. The maximum absolute atomic E-state index is 13.3. The van der Waals surface area contributed by atoms with Crippen molar-refractivity contribution < 1.29 is 9.18 Å². The van der Waals surface area contributed by atoms with Crippen LogP contribution in [0.1, 0.15) is 18.9 Å². The number of nitrogens with two attached hydrogens (primary N) is 1. The molecule has 0 bridgehead atoms. The number of rotatable bonds is 3. The second kappa shape index (κ2) is 6.45. The van der Waals surface area contributed by atoms with Crippen molar-refractivity contribution in [3.05, 3.63) is 29.6 Å². The van der Waals surface area contributed by atoms with Crippen molar-refractivity contribution in [2.75, 3.05) is 5.32 Å². The van der Waals surface area contributed by atoms with Crippen molar-refractivity contribution in [2.24, 2.45) is 5.73 Å². The lowest BCUT2D eigenvalue weighted by molar-refractivity contribution is -0.117. The lowest BCUT2D eigenvalue weighted by Gasteiger charge is -2.12. The SMILES string of the molecule is CC[C@H](N)C(=O)Nc1c(C)cccc1F.Cl. The summed E-state index contributed by atoms with van der Waals surface area (Å²) < 4.78 is 13.3. The molecule has 5 heteroatoms. The van der Waals surface area contributed by atoms with Gasteiger partial charge < -0.3 is 11.1 Å². The fourth-order valence-corrected chi connectivity index (χ4v) is 1.19. The van der Waals surface area contributed by atoms with Gasteiger partial charge in [-0.15, -0.1) is 12.4 Å². The first-order valence-electron chi connectivity index (χ1n) is 4.87. The van der Waals surface area contributed by atoms with Gasteiger partial charge in [-0.25, -0.2) is 4.39 Å². The minimum Gasteiger partial charge on any atom is -0.322 e. The number of amides is 1. The Morgan fingerprint density at radius 1 is 1.56 bits per heavy atom. The Balaban J connectivity index is 0.00000225. The fraction of sp³-hybridized carbons (Fsp3) is 0.364.